The van der Waals surface area contributed by atoms with Gasteiger partial charge >= 0.3 is 5.97 Å². The fourth-order valence-corrected chi connectivity index (χ4v) is 7.99. The summed E-state index contributed by atoms with van der Waals surface area (Å²) in [6.45, 7) is 8.27. The number of rotatable bonds is 38. The minimum absolute atomic E-state index is 0.00195. The Morgan fingerprint density at radius 3 is 1.31 bits per heavy atom. The molecule has 11 N–H and O–H groups in total. The molecule has 0 aliphatic heterocycles. The van der Waals surface area contributed by atoms with Crippen molar-refractivity contribution in [3.8, 4) is 0 Å². The van der Waals surface area contributed by atoms with E-state index in [0.717, 1.165) is 116 Å². The largest absolute Gasteiger partial charge is 0.479 e. The van der Waals surface area contributed by atoms with Crippen LogP contribution in [0.4, 0.5) is 0 Å². The van der Waals surface area contributed by atoms with E-state index in [4.69, 9.17) is 28.7 Å². The highest BCUT2D eigenvalue weighted by Gasteiger charge is 2.72. The summed E-state index contributed by atoms with van der Waals surface area (Å²) >= 11 is 0. The zero-order chi connectivity index (χ0) is 41.0. The third kappa shape index (κ3) is 16.6. The first-order valence-corrected chi connectivity index (χ1v) is 21.9. The van der Waals surface area contributed by atoms with Gasteiger partial charge in [0.2, 0.25) is 0 Å². The lowest BCUT2D eigenvalue weighted by Gasteiger charge is -2.48. The van der Waals surface area contributed by atoms with E-state index >= 15 is 4.79 Å². The molecule has 6 atom stereocenters. The van der Waals surface area contributed by atoms with Gasteiger partial charge < -0.3 is 33.8 Å². The summed E-state index contributed by atoms with van der Waals surface area (Å²) < 4.78 is 0. The van der Waals surface area contributed by atoms with E-state index in [1.165, 1.54) is 6.92 Å². The number of unbranched alkanes of at least 4 members (excludes halogenated alkanes) is 19. The van der Waals surface area contributed by atoms with E-state index in [1.807, 2.05) is 6.92 Å². The Bertz CT molecular complexity index is 1070. The molecular weight excluding hydrogens is 683 g/mol. The molecule has 0 aliphatic rings. The minimum Gasteiger partial charge on any atom is -0.479 e. The van der Waals surface area contributed by atoms with Gasteiger partial charge in [0.15, 0.2) is 22.9 Å². The summed E-state index contributed by atoms with van der Waals surface area (Å²) in [6, 6.07) is -4.14. The summed E-state index contributed by atoms with van der Waals surface area (Å²) in [4.78, 5) is 72.9. The van der Waals surface area contributed by atoms with Crippen molar-refractivity contribution in [2.24, 2.45) is 40.0 Å². The molecule has 0 bridgehead atoms. The topological polar surface area (TPSA) is 236 Å². The highest BCUT2D eigenvalue weighted by atomic mass is 16.4. The summed E-state index contributed by atoms with van der Waals surface area (Å²) in [5.74, 6) is -7.00. The molecule has 0 aliphatic carbocycles. The van der Waals surface area contributed by atoms with E-state index in [2.05, 4.69) is 13.8 Å². The molecular formula is C43H83N5O6. The van der Waals surface area contributed by atoms with Crippen LogP contribution in [-0.4, -0.2) is 64.4 Å². The summed E-state index contributed by atoms with van der Waals surface area (Å²) in [5, 5.41) is 11.1. The first kappa shape index (κ1) is 52.0. The number of carbonyl (C=O) groups excluding carboxylic acids is 4. The van der Waals surface area contributed by atoms with Crippen molar-refractivity contribution in [1.82, 2.24) is 0 Å². The Hall–Kier alpha value is -2.05. The number of aliphatic carboxylic acids is 1. The number of carboxylic acid groups (broad SMARTS) is 1. The fourth-order valence-electron chi connectivity index (χ4n) is 7.99. The Morgan fingerprint density at radius 1 is 0.519 bits per heavy atom. The van der Waals surface area contributed by atoms with Gasteiger partial charge in [-0.2, -0.15) is 0 Å². The van der Waals surface area contributed by atoms with Gasteiger partial charge in [0.1, 0.15) is 11.2 Å². The Balaban J connectivity index is 7.24. The Morgan fingerprint density at radius 2 is 0.889 bits per heavy atom. The molecule has 0 rings (SSSR count). The van der Waals surface area contributed by atoms with Gasteiger partial charge in [0.25, 0.3) is 0 Å². The average molecular weight is 766 g/mol. The SMILES string of the molecule is CCCCCCCCC(N)C(=O)C(N)(C(=O)O)C(C(=O)C(N)CCCCCCCC)(C(=O)[C@H](C)N)C(CCCCCC)C(=O)CCCCCCCCCN. The summed E-state index contributed by atoms with van der Waals surface area (Å²) in [5.41, 5.74) is 25.9. The lowest BCUT2D eigenvalue weighted by atomic mass is 9.51. The molecule has 5 unspecified atom stereocenters. The molecule has 0 spiro atoms. The summed E-state index contributed by atoms with van der Waals surface area (Å²) in [6.07, 6.45) is 20.2. The van der Waals surface area contributed by atoms with Crippen LogP contribution in [0.1, 0.15) is 201 Å². The quantitative estimate of drug-likeness (QED) is 0.0271. The van der Waals surface area contributed by atoms with Crippen LogP contribution in [0.2, 0.25) is 0 Å². The lowest BCUT2D eigenvalue weighted by molar-refractivity contribution is -0.172. The second kappa shape index (κ2) is 30.1. The third-order valence-corrected chi connectivity index (χ3v) is 11.3. The Labute approximate surface area is 328 Å². The maximum atomic E-state index is 15.2. The van der Waals surface area contributed by atoms with Crippen molar-refractivity contribution >= 4 is 29.1 Å². The van der Waals surface area contributed by atoms with Crippen molar-refractivity contribution in [2.75, 3.05) is 6.54 Å². The van der Waals surface area contributed by atoms with Crippen molar-refractivity contribution in [2.45, 2.75) is 225 Å². The van der Waals surface area contributed by atoms with E-state index in [9.17, 15) is 24.3 Å². The molecule has 0 heterocycles. The van der Waals surface area contributed by atoms with Crippen LogP contribution in [0.25, 0.3) is 0 Å². The molecule has 0 aromatic rings. The van der Waals surface area contributed by atoms with Gasteiger partial charge in [0, 0.05) is 12.3 Å². The highest BCUT2D eigenvalue weighted by molar-refractivity contribution is 6.26. The molecule has 0 aromatic carbocycles. The number of carboxylic acids is 1. The molecule has 0 saturated heterocycles. The molecule has 0 aromatic heterocycles. The first-order chi connectivity index (χ1) is 25.8. The fraction of sp³-hybridized carbons (Fsp3) is 0.884. The molecule has 0 amide bonds. The zero-order valence-electron chi connectivity index (χ0n) is 35.0. The van der Waals surface area contributed by atoms with Crippen LogP contribution < -0.4 is 28.7 Å². The number of Topliss-reactive ketones (excluding diaryl/α,β-unsaturated/α-hetero) is 4. The molecule has 0 radical (unpaired) electrons. The molecule has 11 nitrogen and oxygen atoms in total. The number of nitrogens with two attached hydrogens (primary N) is 5. The number of hydrogen-bond donors (Lipinski definition) is 6. The predicted octanol–water partition coefficient (Wildman–Crippen LogP) is 7.20. The third-order valence-electron chi connectivity index (χ3n) is 11.3. The average Bonchev–Trinajstić information content (AvgIpc) is 3.15. The second-order valence-corrected chi connectivity index (χ2v) is 16.0. The molecule has 0 saturated carbocycles. The van der Waals surface area contributed by atoms with Crippen LogP contribution >= 0.6 is 0 Å². The van der Waals surface area contributed by atoms with E-state index in [-0.39, 0.29) is 25.7 Å². The number of carbonyl (C=O) groups is 5. The Kier molecular flexibility index (Phi) is 29.0. The van der Waals surface area contributed by atoms with Crippen LogP contribution in [0.5, 0.6) is 0 Å². The van der Waals surface area contributed by atoms with E-state index < -0.39 is 64.1 Å². The smallest absolute Gasteiger partial charge is 0.333 e. The number of ketones is 4. The van der Waals surface area contributed by atoms with E-state index in [0.29, 0.717) is 38.6 Å². The minimum atomic E-state index is -3.16. The highest BCUT2D eigenvalue weighted by Crippen LogP contribution is 2.47. The first-order valence-electron chi connectivity index (χ1n) is 21.9. The summed E-state index contributed by atoms with van der Waals surface area (Å²) in [7, 11) is 0. The van der Waals surface area contributed by atoms with Crippen molar-refractivity contribution in [3.63, 3.8) is 0 Å². The van der Waals surface area contributed by atoms with Gasteiger partial charge in [-0.25, -0.2) is 4.79 Å². The standard InChI is InChI=1S/C43H83N5O6/c1-5-8-11-14-19-24-29-35(46)39(51)42(38(50)33(4)45,43(48,41(53)54)40(52)36(47)30-25-20-15-12-9-6-2)34(28-23-13-10-7-3)37(49)31-26-21-17-16-18-22-27-32-44/h33-36H,5-32,44-48H2,1-4H3,(H,53,54)/t33-,34?,35?,36?,42?,43?/m0/s1. The van der Waals surface area contributed by atoms with Gasteiger partial charge in [-0.3, -0.25) is 19.2 Å². The van der Waals surface area contributed by atoms with Gasteiger partial charge in [-0.05, 0) is 45.6 Å². The monoisotopic (exact) mass is 766 g/mol. The van der Waals surface area contributed by atoms with Crippen LogP contribution in [-0.2, 0) is 24.0 Å². The van der Waals surface area contributed by atoms with Gasteiger partial charge in [-0.1, -0.05) is 156 Å². The normalized spacial score (nSPS) is 16.2. The maximum absolute atomic E-state index is 15.2. The van der Waals surface area contributed by atoms with Crippen molar-refractivity contribution < 1.29 is 29.1 Å². The van der Waals surface area contributed by atoms with Crippen molar-refractivity contribution in [3.05, 3.63) is 0 Å². The molecule has 54 heavy (non-hydrogen) atoms. The molecule has 316 valence electrons. The number of hydrogen-bond acceptors (Lipinski definition) is 10. The zero-order valence-corrected chi connectivity index (χ0v) is 35.0. The van der Waals surface area contributed by atoms with Crippen molar-refractivity contribution in [1.29, 1.82) is 0 Å². The van der Waals surface area contributed by atoms with Crippen LogP contribution in [0.3, 0.4) is 0 Å². The second-order valence-electron chi connectivity index (χ2n) is 16.0. The van der Waals surface area contributed by atoms with Crippen LogP contribution in [0, 0.1) is 11.3 Å². The molecule has 11 heteroatoms. The maximum Gasteiger partial charge on any atom is 0.333 e. The van der Waals surface area contributed by atoms with Gasteiger partial charge in [0.05, 0.1) is 18.1 Å². The molecule has 0 fully saturated rings. The van der Waals surface area contributed by atoms with Gasteiger partial charge in [-0.15, -0.1) is 0 Å². The van der Waals surface area contributed by atoms with E-state index in [1.54, 1.807) is 0 Å². The van der Waals surface area contributed by atoms with Crippen LogP contribution in [0.15, 0.2) is 0 Å². The predicted molar refractivity (Wildman–Crippen MR) is 221 cm³/mol. The lowest BCUT2D eigenvalue weighted by Crippen LogP contribution is -2.79.